The van der Waals surface area contributed by atoms with E-state index in [1.165, 1.54) is 0 Å². The molecule has 0 aliphatic heterocycles. The molecule has 0 unspecified atom stereocenters. The van der Waals surface area contributed by atoms with E-state index in [-0.39, 0.29) is 19.0 Å². The quantitative estimate of drug-likeness (QED) is 0.729. The Hall–Kier alpha value is -2.30. The molecule has 0 saturated carbocycles. The maximum atomic E-state index is 13.1. The van der Waals surface area contributed by atoms with Gasteiger partial charge in [-0.3, -0.25) is 4.79 Å². The number of benzene rings is 2. The van der Waals surface area contributed by atoms with E-state index in [4.69, 9.17) is 4.74 Å². The van der Waals surface area contributed by atoms with E-state index in [0.717, 1.165) is 12.1 Å². The van der Waals surface area contributed by atoms with Crippen molar-refractivity contribution in [3.8, 4) is 11.1 Å². The Morgan fingerprint density at radius 2 is 1.78 bits per heavy atom. The normalized spacial score (nSPS) is 11.3. The Kier molecular flexibility index (Phi) is 5.08. The van der Waals surface area contributed by atoms with Crippen LogP contribution in [0.1, 0.15) is 30.0 Å². The smallest absolute Gasteiger partial charge is 0.416 e. The van der Waals surface area contributed by atoms with Crippen LogP contribution in [0.15, 0.2) is 42.5 Å². The summed E-state index contributed by atoms with van der Waals surface area (Å²) in [5, 5.41) is 0. The van der Waals surface area contributed by atoms with Gasteiger partial charge in [0.05, 0.1) is 5.56 Å². The topological polar surface area (TPSA) is 26.3 Å². The standard InChI is InChI=1S/C18H17F3O2/c1-3-17(22)23-11-16-12(2)9-14(18(19,20)21)10-15(16)13-7-5-4-6-8-13/h4-10H,3,11H2,1-2H3. The Labute approximate surface area is 132 Å². The van der Waals surface area contributed by atoms with Gasteiger partial charge in [0.2, 0.25) is 0 Å². The maximum absolute atomic E-state index is 13.1. The van der Waals surface area contributed by atoms with Crippen molar-refractivity contribution in [2.45, 2.75) is 33.1 Å². The van der Waals surface area contributed by atoms with Crippen molar-refractivity contribution in [3.63, 3.8) is 0 Å². The average molecular weight is 322 g/mol. The summed E-state index contributed by atoms with van der Waals surface area (Å²) < 4.78 is 44.4. The van der Waals surface area contributed by atoms with Gasteiger partial charge in [-0.1, -0.05) is 37.3 Å². The summed E-state index contributed by atoms with van der Waals surface area (Å²) in [5.41, 5.74) is 1.42. The lowest BCUT2D eigenvalue weighted by molar-refractivity contribution is -0.144. The molecular weight excluding hydrogens is 305 g/mol. The first kappa shape index (κ1) is 17.1. The summed E-state index contributed by atoms with van der Waals surface area (Å²) in [4.78, 5) is 11.4. The number of esters is 1. The predicted molar refractivity (Wildman–Crippen MR) is 81.7 cm³/mol. The SMILES string of the molecule is CCC(=O)OCc1c(C)cc(C(F)(F)F)cc1-c1ccccc1. The minimum Gasteiger partial charge on any atom is -0.461 e. The van der Waals surface area contributed by atoms with E-state index in [0.29, 0.717) is 22.3 Å². The highest BCUT2D eigenvalue weighted by molar-refractivity contribution is 5.72. The molecule has 0 bridgehead atoms. The van der Waals surface area contributed by atoms with Crippen LogP contribution in [0.4, 0.5) is 13.2 Å². The summed E-state index contributed by atoms with van der Waals surface area (Å²) in [6.07, 6.45) is -4.20. The summed E-state index contributed by atoms with van der Waals surface area (Å²) in [7, 11) is 0. The Morgan fingerprint density at radius 3 is 2.35 bits per heavy atom. The molecule has 23 heavy (non-hydrogen) atoms. The van der Waals surface area contributed by atoms with Crippen molar-refractivity contribution in [2.24, 2.45) is 0 Å². The first-order valence-corrected chi connectivity index (χ1v) is 7.24. The van der Waals surface area contributed by atoms with Gasteiger partial charge in [0.25, 0.3) is 0 Å². The van der Waals surface area contributed by atoms with Gasteiger partial charge in [-0.25, -0.2) is 0 Å². The van der Waals surface area contributed by atoms with E-state index >= 15 is 0 Å². The fraction of sp³-hybridized carbons (Fsp3) is 0.278. The van der Waals surface area contributed by atoms with E-state index in [1.807, 2.05) is 0 Å². The lowest BCUT2D eigenvalue weighted by Gasteiger charge is -2.17. The van der Waals surface area contributed by atoms with Crippen LogP contribution in [0.2, 0.25) is 0 Å². The molecule has 0 aliphatic carbocycles. The zero-order valence-electron chi connectivity index (χ0n) is 12.9. The minimum absolute atomic E-state index is 0.0408. The van der Waals surface area contributed by atoms with Crippen molar-refractivity contribution in [1.82, 2.24) is 0 Å². The maximum Gasteiger partial charge on any atom is 0.416 e. The lowest BCUT2D eigenvalue weighted by atomic mass is 9.93. The number of aryl methyl sites for hydroxylation is 1. The monoisotopic (exact) mass is 322 g/mol. The van der Waals surface area contributed by atoms with Crippen molar-refractivity contribution in [3.05, 3.63) is 59.2 Å². The van der Waals surface area contributed by atoms with E-state index in [9.17, 15) is 18.0 Å². The van der Waals surface area contributed by atoms with Crippen LogP contribution in [0.3, 0.4) is 0 Å². The molecule has 5 heteroatoms. The molecule has 0 saturated heterocycles. The summed E-state index contributed by atoms with van der Waals surface area (Å²) >= 11 is 0. The Bertz CT molecular complexity index is 691. The largest absolute Gasteiger partial charge is 0.461 e. The molecule has 0 atom stereocenters. The second kappa shape index (κ2) is 6.86. The van der Waals surface area contributed by atoms with Gasteiger partial charge in [-0.05, 0) is 35.7 Å². The van der Waals surface area contributed by atoms with Crippen molar-refractivity contribution in [2.75, 3.05) is 0 Å². The number of hydrogen-bond donors (Lipinski definition) is 0. The first-order valence-electron chi connectivity index (χ1n) is 7.24. The molecule has 0 amide bonds. The molecule has 0 aliphatic rings. The molecule has 2 aromatic carbocycles. The second-order valence-corrected chi connectivity index (χ2v) is 5.20. The highest BCUT2D eigenvalue weighted by atomic mass is 19.4. The third kappa shape index (κ3) is 4.12. The molecule has 2 aromatic rings. The fourth-order valence-corrected chi connectivity index (χ4v) is 2.30. The fourth-order valence-electron chi connectivity index (χ4n) is 2.30. The number of halogens is 3. The first-order chi connectivity index (χ1) is 10.8. The van der Waals surface area contributed by atoms with Crippen molar-refractivity contribution in [1.29, 1.82) is 0 Å². The summed E-state index contributed by atoms with van der Waals surface area (Å²) in [6, 6.07) is 11.0. The molecule has 0 spiro atoms. The molecule has 0 N–H and O–H groups in total. The average Bonchev–Trinajstić information content (AvgIpc) is 2.52. The highest BCUT2D eigenvalue weighted by Crippen LogP contribution is 2.36. The van der Waals surface area contributed by atoms with Crippen LogP contribution >= 0.6 is 0 Å². The van der Waals surface area contributed by atoms with Gasteiger partial charge >= 0.3 is 12.1 Å². The number of ether oxygens (including phenoxy) is 1. The van der Waals surface area contributed by atoms with Crippen LogP contribution in [-0.4, -0.2) is 5.97 Å². The molecule has 0 fully saturated rings. The molecule has 2 rings (SSSR count). The minimum atomic E-state index is -4.42. The van der Waals surface area contributed by atoms with Crippen LogP contribution < -0.4 is 0 Å². The van der Waals surface area contributed by atoms with Gasteiger partial charge < -0.3 is 4.74 Å². The van der Waals surface area contributed by atoms with Crippen LogP contribution in [0.5, 0.6) is 0 Å². The molecular formula is C18H17F3O2. The zero-order chi connectivity index (χ0) is 17.0. The van der Waals surface area contributed by atoms with Crippen molar-refractivity contribution < 1.29 is 22.7 Å². The predicted octanol–water partition coefficient (Wildman–Crippen LogP) is 5.13. The van der Waals surface area contributed by atoms with Crippen LogP contribution in [0, 0.1) is 6.92 Å². The summed E-state index contributed by atoms with van der Waals surface area (Å²) in [5.74, 6) is -0.386. The van der Waals surface area contributed by atoms with Gasteiger partial charge in [0, 0.05) is 12.0 Å². The number of rotatable bonds is 4. The lowest BCUT2D eigenvalue weighted by Crippen LogP contribution is -2.09. The number of carbonyl (C=O) groups is 1. The Morgan fingerprint density at radius 1 is 1.13 bits per heavy atom. The summed E-state index contributed by atoms with van der Waals surface area (Å²) in [6.45, 7) is 3.22. The third-order valence-corrected chi connectivity index (χ3v) is 3.55. The third-order valence-electron chi connectivity index (χ3n) is 3.55. The highest BCUT2D eigenvalue weighted by Gasteiger charge is 2.32. The van der Waals surface area contributed by atoms with Gasteiger partial charge in [-0.2, -0.15) is 13.2 Å². The molecule has 0 aromatic heterocycles. The van der Waals surface area contributed by atoms with E-state index < -0.39 is 11.7 Å². The zero-order valence-corrected chi connectivity index (χ0v) is 12.9. The molecule has 2 nitrogen and oxygen atoms in total. The number of carbonyl (C=O) groups excluding carboxylic acids is 1. The van der Waals surface area contributed by atoms with E-state index in [2.05, 4.69) is 0 Å². The molecule has 122 valence electrons. The number of alkyl halides is 3. The molecule has 0 radical (unpaired) electrons. The van der Waals surface area contributed by atoms with Crippen LogP contribution in [-0.2, 0) is 22.3 Å². The Balaban J connectivity index is 2.53. The number of hydrogen-bond acceptors (Lipinski definition) is 2. The van der Waals surface area contributed by atoms with E-state index in [1.54, 1.807) is 44.2 Å². The van der Waals surface area contributed by atoms with Crippen molar-refractivity contribution >= 4 is 5.97 Å². The molecule has 0 heterocycles. The van der Waals surface area contributed by atoms with Crippen LogP contribution in [0.25, 0.3) is 11.1 Å². The van der Waals surface area contributed by atoms with Gasteiger partial charge in [-0.15, -0.1) is 0 Å². The van der Waals surface area contributed by atoms with Gasteiger partial charge in [0.1, 0.15) is 6.61 Å². The van der Waals surface area contributed by atoms with Gasteiger partial charge in [0.15, 0.2) is 0 Å². The second-order valence-electron chi connectivity index (χ2n) is 5.20.